The predicted octanol–water partition coefficient (Wildman–Crippen LogP) is 1.13. The fraction of sp³-hybridized carbons (Fsp3) is 1.00. The number of nitrogens with two attached hydrogens (primary N) is 1. The molecule has 1 nitrogen and oxygen atoms in total. The van der Waals surface area contributed by atoms with Gasteiger partial charge in [-0.05, 0) is 31.1 Å². The minimum Gasteiger partial charge on any atom is -0.325 e. The third kappa shape index (κ3) is 0.304. The normalized spacial score (nSPS) is 68.6. The first-order chi connectivity index (χ1) is 3.58. The summed E-state index contributed by atoms with van der Waals surface area (Å²) in [5.41, 5.74) is 6.76. The Morgan fingerprint density at radius 2 is 2.00 bits per heavy atom. The Hall–Kier alpha value is -0.0400. The van der Waals surface area contributed by atoms with E-state index < -0.39 is 0 Å². The van der Waals surface area contributed by atoms with Crippen molar-refractivity contribution >= 4 is 0 Å². The molecule has 1 heteroatoms. The van der Waals surface area contributed by atoms with Gasteiger partial charge in [0.2, 0.25) is 0 Å². The van der Waals surface area contributed by atoms with Gasteiger partial charge in [-0.1, -0.05) is 6.92 Å². The van der Waals surface area contributed by atoms with E-state index >= 15 is 0 Å². The SMILES string of the molecule is CC1CC12CC2(C)N. The average Bonchev–Trinajstić information content (AvgIpc) is 2.24. The first kappa shape index (κ1) is 4.80. The van der Waals surface area contributed by atoms with Crippen molar-refractivity contribution in [3.63, 3.8) is 0 Å². The Bertz CT molecular complexity index is 139. The smallest absolute Gasteiger partial charge is 0.0192 e. The summed E-state index contributed by atoms with van der Waals surface area (Å²) in [5.74, 6) is 0.928. The van der Waals surface area contributed by atoms with Gasteiger partial charge in [0, 0.05) is 5.54 Å². The van der Waals surface area contributed by atoms with Crippen molar-refractivity contribution in [1.82, 2.24) is 0 Å². The highest BCUT2D eigenvalue weighted by Gasteiger charge is 2.74. The first-order valence-corrected chi connectivity index (χ1v) is 3.37. The lowest BCUT2D eigenvalue weighted by Crippen LogP contribution is -2.20. The van der Waals surface area contributed by atoms with Gasteiger partial charge < -0.3 is 5.73 Å². The molecule has 3 unspecified atom stereocenters. The van der Waals surface area contributed by atoms with Gasteiger partial charge in [-0.2, -0.15) is 0 Å². The maximum absolute atomic E-state index is 5.90. The topological polar surface area (TPSA) is 26.0 Å². The Morgan fingerprint density at radius 1 is 1.62 bits per heavy atom. The van der Waals surface area contributed by atoms with Gasteiger partial charge in [-0.25, -0.2) is 0 Å². The van der Waals surface area contributed by atoms with Crippen LogP contribution in [0.25, 0.3) is 0 Å². The Morgan fingerprint density at radius 3 is 2.00 bits per heavy atom. The summed E-state index contributed by atoms with van der Waals surface area (Å²) in [6, 6.07) is 0. The van der Waals surface area contributed by atoms with Crippen LogP contribution in [0.4, 0.5) is 0 Å². The number of hydrogen-bond donors (Lipinski definition) is 1. The molecule has 46 valence electrons. The van der Waals surface area contributed by atoms with Gasteiger partial charge in [0.25, 0.3) is 0 Å². The van der Waals surface area contributed by atoms with Crippen LogP contribution in [0.15, 0.2) is 0 Å². The largest absolute Gasteiger partial charge is 0.325 e. The molecule has 0 radical (unpaired) electrons. The predicted molar refractivity (Wildman–Crippen MR) is 33.4 cm³/mol. The molecule has 2 fully saturated rings. The van der Waals surface area contributed by atoms with Gasteiger partial charge in [0.1, 0.15) is 0 Å². The maximum Gasteiger partial charge on any atom is 0.0192 e. The van der Waals surface area contributed by atoms with Gasteiger partial charge in [-0.15, -0.1) is 0 Å². The number of rotatable bonds is 0. The summed E-state index contributed by atoms with van der Waals surface area (Å²) in [7, 11) is 0. The van der Waals surface area contributed by atoms with Crippen LogP contribution in [-0.2, 0) is 0 Å². The van der Waals surface area contributed by atoms with E-state index in [-0.39, 0.29) is 5.54 Å². The quantitative estimate of drug-likeness (QED) is 0.498. The highest BCUT2D eigenvalue weighted by molar-refractivity contribution is 5.28. The molecule has 0 bridgehead atoms. The molecule has 2 N–H and O–H groups in total. The zero-order valence-electron chi connectivity index (χ0n) is 5.57. The second-order valence-electron chi connectivity index (χ2n) is 3.86. The van der Waals surface area contributed by atoms with E-state index in [1.54, 1.807) is 0 Å². The van der Waals surface area contributed by atoms with Gasteiger partial charge in [-0.3, -0.25) is 0 Å². The summed E-state index contributed by atoms with van der Waals surface area (Å²) >= 11 is 0. The fourth-order valence-electron chi connectivity index (χ4n) is 2.14. The second kappa shape index (κ2) is 0.860. The summed E-state index contributed by atoms with van der Waals surface area (Å²) < 4.78 is 0. The zero-order valence-corrected chi connectivity index (χ0v) is 5.57. The molecule has 1 spiro atoms. The van der Waals surface area contributed by atoms with Crippen LogP contribution in [0.1, 0.15) is 26.7 Å². The van der Waals surface area contributed by atoms with Crippen molar-refractivity contribution in [2.24, 2.45) is 17.1 Å². The lowest BCUT2D eigenvalue weighted by Gasteiger charge is -1.97. The van der Waals surface area contributed by atoms with E-state index in [1.165, 1.54) is 12.8 Å². The third-order valence-electron chi connectivity index (χ3n) is 3.15. The van der Waals surface area contributed by atoms with Gasteiger partial charge in [0.15, 0.2) is 0 Å². The molecule has 2 aliphatic carbocycles. The van der Waals surface area contributed by atoms with E-state index in [9.17, 15) is 0 Å². The van der Waals surface area contributed by atoms with Crippen molar-refractivity contribution in [1.29, 1.82) is 0 Å². The molecular weight excluding hydrogens is 98.1 g/mol. The van der Waals surface area contributed by atoms with Crippen LogP contribution >= 0.6 is 0 Å². The molecule has 8 heavy (non-hydrogen) atoms. The lowest BCUT2D eigenvalue weighted by molar-refractivity contribution is 0.608. The average molecular weight is 111 g/mol. The molecule has 2 aliphatic rings. The fourth-order valence-corrected chi connectivity index (χ4v) is 2.14. The minimum absolute atomic E-state index is 0.229. The van der Waals surface area contributed by atoms with Crippen molar-refractivity contribution in [3.8, 4) is 0 Å². The molecule has 2 rings (SSSR count). The second-order valence-corrected chi connectivity index (χ2v) is 3.86. The van der Waals surface area contributed by atoms with E-state index in [1.807, 2.05) is 0 Å². The van der Waals surface area contributed by atoms with Crippen LogP contribution in [0.5, 0.6) is 0 Å². The van der Waals surface area contributed by atoms with Crippen molar-refractivity contribution in [2.45, 2.75) is 32.2 Å². The minimum atomic E-state index is 0.229. The summed E-state index contributed by atoms with van der Waals surface area (Å²) in [6.45, 7) is 4.48. The van der Waals surface area contributed by atoms with Crippen molar-refractivity contribution < 1.29 is 0 Å². The van der Waals surface area contributed by atoms with Crippen LogP contribution in [0, 0.1) is 11.3 Å². The summed E-state index contributed by atoms with van der Waals surface area (Å²) in [4.78, 5) is 0. The molecule has 3 atom stereocenters. The summed E-state index contributed by atoms with van der Waals surface area (Å²) in [5, 5.41) is 0. The Balaban J connectivity index is 2.17. The Labute approximate surface area is 50.3 Å². The van der Waals surface area contributed by atoms with Crippen LogP contribution in [0.2, 0.25) is 0 Å². The zero-order chi connectivity index (χ0) is 5.99. The molecule has 0 saturated heterocycles. The number of hydrogen-bond acceptors (Lipinski definition) is 1. The molecule has 0 aliphatic heterocycles. The van der Waals surface area contributed by atoms with Crippen molar-refractivity contribution in [3.05, 3.63) is 0 Å². The van der Waals surface area contributed by atoms with Crippen LogP contribution < -0.4 is 5.73 Å². The highest BCUT2D eigenvalue weighted by atomic mass is 15.0. The highest BCUT2D eigenvalue weighted by Crippen LogP contribution is 2.75. The molecule has 0 aromatic carbocycles. The van der Waals surface area contributed by atoms with Crippen molar-refractivity contribution in [2.75, 3.05) is 0 Å². The van der Waals surface area contributed by atoms with Gasteiger partial charge >= 0.3 is 0 Å². The summed E-state index contributed by atoms with van der Waals surface area (Å²) in [6.07, 6.45) is 2.67. The standard InChI is InChI=1S/C7H13N/c1-5-3-7(5)4-6(7,2)8/h5H,3-4,8H2,1-2H3. The van der Waals surface area contributed by atoms with E-state index in [2.05, 4.69) is 13.8 Å². The van der Waals surface area contributed by atoms with Crippen LogP contribution in [-0.4, -0.2) is 5.54 Å². The molecule has 2 saturated carbocycles. The van der Waals surface area contributed by atoms with Gasteiger partial charge in [0.05, 0.1) is 0 Å². The van der Waals surface area contributed by atoms with Crippen LogP contribution in [0.3, 0.4) is 0 Å². The molecule has 0 aromatic rings. The third-order valence-corrected chi connectivity index (χ3v) is 3.15. The lowest BCUT2D eigenvalue weighted by atomic mass is 10.2. The van der Waals surface area contributed by atoms with E-state index in [4.69, 9.17) is 5.73 Å². The van der Waals surface area contributed by atoms with E-state index in [0.717, 1.165) is 5.92 Å². The van der Waals surface area contributed by atoms with E-state index in [0.29, 0.717) is 5.41 Å². The molecule has 0 heterocycles. The molecule has 0 amide bonds. The molecule has 0 aromatic heterocycles. The molecular formula is C7H13N. The maximum atomic E-state index is 5.90. The first-order valence-electron chi connectivity index (χ1n) is 3.37. The monoisotopic (exact) mass is 111 g/mol. The Kier molecular flexibility index (Phi) is 0.516.